The lowest BCUT2D eigenvalue weighted by molar-refractivity contribution is -0.385. The second kappa shape index (κ2) is 6.01. The maximum Gasteiger partial charge on any atom is 0.334 e. The van der Waals surface area contributed by atoms with E-state index in [-0.39, 0.29) is 22.6 Å². The van der Waals surface area contributed by atoms with Crippen molar-refractivity contribution in [3.63, 3.8) is 0 Å². The average molecular weight is 295 g/mol. The van der Waals surface area contributed by atoms with Gasteiger partial charge < -0.3 is 10.6 Å². The Labute approximate surface area is 125 Å². The molecule has 1 heterocycles. The average Bonchev–Trinajstić information content (AvgIpc) is 2.76. The molecule has 1 aromatic rings. The van der Waals surface area contributed by atoms with Gasteiger partial charge >= 0.3 is 5.69 Å². The zero-order valence-corrected chi connectivity index (χ0v) is 13.2. The normalized spacial score (nSPS) is 22.6. The number of aromatic nitrogens is 2. The van der Waals surface area contributed by atoms with E-state index in [1.165, 1.54) is 0 Å². The molecule has 7 nitrogen and oxygen atoms in total. The Morgan fingerprint density at radius 2 is 1.95 bits per heavy atom. The van der Waals surface area contributed by atoms with Crippen LogP contribution in [0.2, 0.25) is 0 Å². The Balaban J connectivity index is 2.36. The van der Waals surface area contributed by atoms with Gasteiger partial charge in [0.2, 0.25) is 5.82 Å². The predicted octanol–water partition coefficient (Wildman–Crippen LogP) is 2.16. The standard InChI is InChI=1S/C14H25N5O2/c1-9(2)12-13(19(20)21)14(18(4)16-12)17(3)11-7-5-10(15)6-8-11/h9-11H,5-8,15H2,1-4H3. The van der Waals surface area contributed by atoms with Crippen LogP contribution >= 0.6 is 0 Å². The zero-order chi connectivity index (χ0) is 15.7. The van der Waals surface area contributed by atoms with Crippen LogP contribution in [-0.4, -0.2) is 33.8 Å². The second-order valence-electron chi connectivity index (χ2n) is 6.27. The number of anilines is 1. The third-order valence-electron chi connectivity index (χ3n) is 4.37. The van der Waals surface area contributed by atoms with Crippen molar-refractivity contribution in [1.29, 1.82) is 0 Å². The molecule has 1 fully saturated rings. The summed E-state index contributed by atoms with van der Waals surface area (Å²) < 4.78 is 1.64. The molecular weight excluding hydrogens is 270 g/mol. The van der Waals surface area contributed by atoms with Crippen molar-refractivity contribution in [2.75, 3.05) is 11.9 Å². The number of nitrogens with zero attached hydrogens (tertiary/aromatic N) is 4. The van der Waals surface area contributed by atoms with E-state index < -0.39 is 0 Å². The summed E-state index contributed by atoms with van der Waals surface area (Å²) >= 11 is 0. The molecule has 0 saturated heterocycles. The molecular formula is C14H25N5O2. The van der Waals surface area contributed by atoms with Gasteiger partial charge in [-0.05, 0) is 25.7 Å². The van der Waals surface area contributed by atoms with Crippen molar-refractivity contribution >= 4 is 11.5 Å². The second-order valence-corrected chi connectivity index (χ2v) is 6.27. The van der Waals surface area contributed by atoms with Gasteiger partial charge in [-0.1, -0.05) is 13.8 Å². The Bertz CT molecular complexity index is 518. The number of aryl methyl sites for hydroxylation is 1. The summed E-state index contributed by atoms with van der Waals surface area (Å²) in [6.45, 7) is 3.86. The molecule has 1 aromatic heterocycles. The third-order valence-corrected chi connectivity index (χ3v) is 4.37. The Kier molecular flexibility index (Phi) is 4.51. The molecule has 7 heteroatoms. The Morgan fingerprint density at radius 3 is 2.43 bits per heavy atom. The van der Waals surface area contributed by atoms with Gasteiger partial charge in [-0.2, -0.15) is 5.10 Å². The van der Waals surface area contributed by atoms with Gasteiger partial charge in [-0.15, -0.1) is 0 Å². The first-order valence-corrected chi connectivity index (χ1v) is 7.52. The molecule has 0 spiro atoms. The molecule has 2 rings (SSSR count). The van der Waals surface area contributed by atoms with Crippen LogP contribution in [0.25, 0.3) is 0 Å². The first-order valence-electron chi connectivity index (χ1n) is 7.52. The van der Waals surface area contributed by atoms with Crippen molar-refractivity contribution in [2.24, 2.45) is 12.8 Å². The highest BCUT2D eigenvalue weighted by Gasteiger charge is 2.34. The fourth-order valence-corrected chi connectivity index (χ4v) is 3.15. The number of hydrogen-bond donors (Lipinski definition) is 1. The summed E-state index contributed by atoms with van der Waals surface area (Å²) in [4.78, 5) is 13.2. The van der Waals surface area contributed by atoms with E-state index in [4.69, 9.17) is 5.73 Å². The maximum atomic E-state index is 11.5. The van der Waals surface area contributed by atoms with Crippen LogP contribution in [-0.2, 0) is 7.05 Å². The zero-order valence-electron chi connectivity index (χ0n) is 13.2. The molecule has 0 amide bonds. The quantitative estimate of drug-likeness (QED) is 0.679. The van der Waals surface area contributed by atoms with Crippen LogP contribution in [0.1, 0.15) is 51.1 Å². The van der Waals surface area contributed by atoms with Gasteiger partial charge in [-0.25, -0.2) is 4.68 Å². The van der Waals surface area contributed by atoms with Crippen LogP contribution in [0.4, 0.5) is 11.5 Å². The minimum absolute atomic E-state index is 0.0264. The lowest BCUT2D eigenvalue weighted by Gasteiger charge is -2.34. The third kappa shape index (κ3) is 3.02. The number of nitrogens with two attached hydrogens (primary N) is 1. The van der Waals surface area contributed by atoms with E-state index in [0.717, 1.165) is 25.7 Å². The van der Waals surface area contributed by atoms with Crippen molar-refractivity contribution in [1.82, 2.24) is 9.78 Å². The minimum Gasteiger partial charge on any atom is -0.351 e. The number of hydrogen-bond acceptors (Lipinski definition) is 5. The highest BCUT2D eigenvalue weighted by atomic mass is 16.6. The van der Waals surface area contributed by atoms with Crippen molar-refractivity contribution in [3.05, 3.63) is 15.8 Å². The topological polar surface area (TPSA) is 90.2 Å². The highest BCUT2D eigenvalue weighted by Crippen LogP contribution is 2.37. The fraction of sp³-hybridized carbons (Fsp3) is 0.786. The Morgan fingerprint density at radius 1 is 1.38 bits per heavy atom. The molecule has 0 aliphatic heterocycles. The van der Waals surface area contributed by atoms with Gasteiger partial charge in [0.1, 0.15) is 5.69 Å². The molecule has 1 aliphatic carbocycles. The van der Waals surface area contributed by atoms with Gasteiger partial charge in [-0.3, -0.25) is 10.1 Å². The summed E-state index contributed by atoms with van der Waals surface area (Å²) in [7, 11) is 3.70. The van der Waals surface area contributed by atoms with Crippen LogP contribution in [0, 0.1) is 10.1 Å². The van der Waals surface area contributed by atoms with E-state index in [2.05, 4.69) is 5.10 Å². The largest absolute Gasteiger partial charge is 0.351 e. The molecule has 0 unspecified atom stereocenters. The fourth-order valence-electron chi connectivity index (χ4n) is 3.15. The molecule has 0 atom stereocenters. The molecule has 0 radical (unpaired) electrons. The summed E-state index contributed by atoms with van der Waals surface area (Å²) in [6, 6.07) is 0.557. The molecule has 21 heavy (non-hydrogen) atoms. The van der Waals surface area contributed by atoms with Crippen LogP contribution in [0.15, 0.2) is 0 Å². The molecule has 2 N–H and O–H groups in total. The van der Waals surface area contributed by atoms with Crippen molar-refractivity contribution < 1.29 is 4.92 Å². The van der Waals surface area contributed by atoms with E-state index in [1.54, 1.807) is 11.7 Å². The maximum absolute atomic E-state index is 11.5. The number of nitro groups is 1. The Hall–Kier alpha value is -1.63. The van der Waals surface area contributed by atoms with E-state index >= 15 is 0 Å². The lowest BCUT2D eigenvalue weighted by atomic mass is 9.91. The predicted molar refractivity (Wildman–Crippen MR) is 82.6 cm³/mol. The van der Waals surface area contributed by atoms with Gasteiger partial charge in [0.15, 0.2) is 0 Å². The van der Waals surface area contributed by atoms with Crippen LogP contribution < -0.4 is 10.6 Å². The molecule has 1 saturated carbocycles. The monoisotopic (exact) mass is 295 g/mol. The van der Waals surface area contributed by atoms with Gasteiger partial charge in [0.25, 0.3) is 0 Å². The molecule has 118 valence electrons. The molecule has 1 aliphatic rings. The smallest absolute Gasteiger partial charge is 0.334 e. The van der Waals surface area contributed by atoms with Crippen LogP contribution in [0.5, 0.6) is 0 Å². The first-order chi connectivity index (χ1) is 9.82. The van der Waals surface area contributed by atoms with Crippen LogP contribution in [0.3, 0.4) is 0 Å². The minimum atomic E-state index is -0.303. The number of rotatable bonds is 4. The van der Waals surface area contributed by atoms with E-state index in [9.17, 15) is 10.1 Å². The van der Waals surface area contributed by atoms with Gasteiger partial charge in [0.05, 0.1) is 4.92 Å². The molecule has 0 bridgehead atoms. The lowest BCUT2D eigenvalue weighted by Crippen LogP contribution is -2.39. The van der Waals surface area contributed by atoms with Crippen molar-refractivity contribution in [2.45, 2.75) is 57.5 Å². The van der Waals surface area contributed by atoms with E-state index in [0.29, 0.717) is 17.6 Å². The summed E-state index contributed by atoms with van der Waals surface area (Å²) in [6.07, 6.45) is 3.88. The van der Waals surface area contributed by atoms with Gasteiger partial charge in [0, 0.05) is 32.1 Å². The first kappa shape index (κ1) is 15.8. The summed E-state index contributed by atoms with van der Waals surface area (Å²) in [5, 5.41) is 15.9. The summed E-state index contributed by atoms with van der Waals surface area (Å²) in [5.74, 6) is 0.627. The summed E-state index contributed by atoms with van der Waals surface area (Å²) in [5.41, 5.74) is 6.64. The molecule has 0 aromatic carbocycles. The highest BCUT2D eigenvalue weighted by molar-refractivity contribution is 5.62. The van der Waals surface area contributed by atoms with Crippen molar-refractivity contribution in [3.8, 4) is 0 Å². The SMILES string of the molecule is CC(C)c1nn(C)c(N(C)C2CCC(N)CC2)c1[N+](=O)[O-]. The van der Waals surface area contributed by atoms with E-state index in [1.807, 2.05) is 25.8 Å².